The summed E-state index contributed by atoms with van der Waals surface area (Å²) in [5.41, 5.74) is 1.43. The number of aryl methyl sites for hydroxylation is 1. The number of halogens is 2. The third-order valence-electron chi connectivity index (χ3n) is 2.31. The van der Waals surface area contributed by atoms with Crippen molar-refractivity contribution in [3.63, 3.8) is 0 Å². The van der Waals surface area contributed by atoms with Gasteiger partial charge in [-0.25, -0.2) is 4.68 Å². The predicted octanol–water partition coefficient (Wildman–Crippen LogP) is 2.77. The van der Waals surface area contributed by atoms with Gasteiger partial charge >= 0.3 is 6.01 Å². The highest BCUT2D eigenvalue weighted by molar-refractivity contribution is 6.31. The monoisotopic (exact) mass is 301 g/mol. The first-order chi connectivity index (χ1) is 8.88. The fourth-order valence-corrected chi connectivity index (χ4v) is 1.76. The normalized spacial score (nSPS) is 11.1. The van der Waals surface area contributed by atoms with E-state index in [1.807, 2.05) is 20.8 Å². The molecule has 0 aliphatic rings. The van der Waals surface area contributed by atoms with Crippen LogP contribution in [0.2, 0.25) is 10.3 Å². The molecular weight excluding hydrogens is 289 g/mol. The Bertz CT molecular complexity index is 611. The molecule has 102 valence electrons. The maximum atomic E-state index is 6.09. The van der Waals surface area contributed by atoms with Crippen molar-refractivity contribution in [3.8, 4) is 12.0 Å². The van der Waals surface area contributed by atoms with Gasteiger partial charge in [0.05, 0.1) is 22.5 Å². The molecular formula is C11H13Cl2N5O. The van der Waals surface area contributed by atoms with Gasteiger partial charge < -0.3 is 4.74 Å². The van der Waals surface area contributed by atoms with Crippen molar-refractivity contribution < 1.29 is 4.74 Å². The minimum absolute atomic E-state index is 0.0457. The molecule has 2 aromatic rings. The van der Waals surface area contributed by atoms with Gasteiger partial charge in [-0.15, -0.1) is 0 Å². The van der Waals surface area contributed by atoms with Crippen LogP contribution in [0.25, 0.3) is 5.95 Å². The number of rotatable bonds is 3. The second kappa shape index (κ2) is 5.30. The third kappa shape index (κ3) is 2.96. The summed E-state index contributed by atoms with van der Waals surface area (Å²) in [6.45, 7) is 7.37. The van der Waals surface area contributed by atoms with Crippen molar-refractivity contribution in [1.82, 2.24) is 24.7 Å². The van der Waals surface area contributed by atoms with E-state index < -0.39 is 0 Å². The summed E-state index contributed by atoms with van der Waals surface area (Å²) in [6.07, 6.45) is -0.0599. The fraction of sp³-hybridized carbons (Fsp3) is 0.455. The van der Waals surface area contributed by atoms with Crippen LogP contribution >= 0.6 is 23.2 Å². The van der Waals surface area contributed by atoms with Gasteiger partial charge in [0.25, 0.3) is 5.95 Å². The first-order valence-electron chi connectivity index (χ1n) is 5.68. The van der Waals surface area contributed by atoms with Gasteiger partial charge in [-0.1, -0.05) is 11.6 Å². The topological polar surface area (TPSA) is 65.7 Å². The van der Waals surface area contributed by atoms with Crippen molar-refractivity contribution in [3.05, 3.63) is 21.7 Å². The Labute approximate surface area is 120 Å². The molecule has 0 atom stereocenters. The standard InChI is InChI=1S/C11H13Cl2N5O/c1-5(2)19-11-15-9(13)14-10(16-11)18-7(4)8(12)6(3)17-18/h5H,1-4H3. The maximum absolute atomic E-state index is 6.09. The zero-order valence-electron chi connectivity index (χ0n) is 11.0. The molecule has 2 heterocycles. The first-order valence-corrected chi connectivity index (χ1v) is 6.44. The SMILES string of the molecule is Cc1nn(-c2nc(Cl)nc(OC(C)C)n2)c(C)c1Cl. The van der Waals surface area contributed by atoms with Gasteiger partial charge in [0.2, 0.25) is 5.28 Å². The van der Waals surface area contributed by atoms with E-state index in [0.29, 0.717) is 10.7 Å². The Morgan fingerprint density at radius 2 is 1.79 bits per heavy atom. The molecule has 0 spiro atoms. The maximum Gasteiger partial charge on any atom is 0.322 e. The number of aromatic nitrogens is 5. The Morgan fingerprint density at radius 3 is 2.32 bits per heavy atom. The second-order valence-corrected chi connectivity index (χ2v) is 4.97. The summed E-state index contributed by atoms with van der Waals surface area (Å²) in [6, 6.07) is 0.161. The van der Waals surface area contributed by atoms with E-state index >= 15 is 0 Å². The average Bonchev–Trinajstić information content (AvgIpc) is 2.55. The number of hydrogen-bond acceptors (Lipinski definition) is 5. The third-order valence-corrected chi connectivity index (χ3v) is 3.03. The predicted molar refractivity (Wildman–Crippen MR) is 72.2 cm³/mol. The lowest BCUT2D eigenvalue weighted by atomic mass is 10.4. The lowest BCUT2D eigenvalue weighted by Crippen LogP contribution is -2.12. The highest BCUT2D eigenvalue weighted by atomic mass is 35.5. The molecule has 6 nitrogen and oxygen atoms in total. The van der Waals surface area contributed by atoms with E-state index in [2.05, 4.69) is 20.1 Å². The largest absolute Gasteiger partial charge is 0.461 e. The molecule has 0 fully saturated rings. The smallest absolute Gasteiger partial charge is 0.322 e. The minimum atomic E-state index is -0.0599. The van der Waals surface area contributed by atoms with Crippen LogP contribution in [0.5, 0.6) is 6.01 Å². The van der Waals surface area contributed by atoms with E-state index in [-0.39, 0.29) is 23.3 Å². The van der Waals surface area contributed by atoms with E-state index in [1.165, 1.54) is 4.68 Å². The van der Waals surface area contributed by atoms with Crippen molar-refractivity contribution in [2.75, 3.05) is 0 Å². The lowest BCUT2D eigenvalue weighted by molar-refractivity contribution is 0.221. The zero-order chi connectivity index (χ0) is 14.2. The van der Waals surface area contributed by atoms with Crippen LogP contribution in [0.4, 0.5) is 0 Å². The first kappa shape index (κ1) is 14.0. The highest BCUT2D eigenvalue weighted by Crippen LogP contribution is 2.22. The van der Waals surface area contributed by atoms with Gasteiger partial charge in [-0.3, -0.25) is 0 Å². The Hall–Kier alpha value is -1.40. The van der Waals surface area contributed by atoms with E-state index in [4.69, 9.17) is 27.9 Å². The molecule has 0 aromatic carbocycles. The molecule has 19 heavy (non-hydrogen) atoms. The van der Waals surface area contributed by atoms with Crippen LogP contribution in [-0.2, 0) is 0 Å². The van der Waals surface area contributed by atoms with Gasteiger partial charge in [-0.2, -0.15) is 20.1 Å². The number of hydrogen-bond donors (Lipinski definition) is 0. The van der Waals surface area contributed by atoms with Crippen LogP contribution in [0.1, 0.15) is 25.2 Å². The van der Waals surface area contributed by atoms with Crippen LogP contribution in [0.3, 0.4) is 0 Å². The van der Waals surface area contributed by atoms with Crippen molar-refractivity contribution in [2.24, 2.45) is 0 Å². The molecule has 0 amide bonds. The average molecular weight is 302 g/mol. The summed E-state index contributed by atoms with van der Waals surface area (Å²) >= 11 is 12.0. The molecule has 0 unspecified atom stereocenters. The molecule has 2 rings (SSSR count). The van der Waals surface area contributed by atoms with Crippen LogP contribution in [-0.4, -0.2) is 30.8 Å². The van der Waals surface area contributed by atoms with E-state index in [9.17, 15) is 0 Å². The molecule has 2 aromatic heterocycles. The Kier molecular flexibility index (Phi) is 3.91. The summed E-state index contributed by atoms with van der Waals surface area (Å²) in [7, 11) is 0. The van der Waals surface area contributed by atoms with E-state index in [1.54, 1.807) is 6.92 Å². The van der Waals surface area contributed by atoms with Crippen LogP contribution < -0.4 is 4.74 Å². The molecule has 0 saturated heterocycles. The molecule has 0 aliphatic heterocycles. The molecule has 0 saturated carbocycles. The number of nitrogens with zero attached hydrogens (tertiary/aromatic N) is 5. The molecule has 0 aliphatic carbocycles. The quantitative estimate of drug-likeness (QED) is 0.872. The molecule has 8 heteroatoms. The van der Waals surface area contributed by atoms with Crippen molar-refractivity contribution in [1.29, 1.82) is 0 Å². The van der Waals surface area contributed by atoms with Crippen molar-refractivity contribution in [2.45, 2.75) is 33.8 Å². The highest BCUT2D eigenvalue weighted by Gasteiger charge is 2.15. The minimum Gasteiger partial charge on any atom is -0.461 e. The summed E-state index contributed by atoms with van der Waals surface area (Å²) in [4.78, 5) is 12.1. The number of ether oxygens (including phenoxy) is 1. The fourth-order valence-electron chi connectivity index (χ4n) is 1.50. The molecule has 0 radical (unpaired) electrons. The summed E-state index contributed by atoms with van der Waals surface area (Å²) in [5, 5.41) is 4.88. The Balaban J connectivity index is 2.49. The van der Waals surface area contributed by atoms with Gasteiger partial charge in [-0.05, 0) is 39.3 Å². The van der Waals surface area contributed by atoms with Crippen LogP contribution in [0, 0.1) is 13.8 Å². The van der Waals surface area contributed by atoms with Crippen molar-refractivity contribution >= 4 is 23.2 Å². The van der Waals surface area contributed by atoms with Gasteiger partial charge in [0, 0.05) is 0 Å². The molecule has 0 bridgehead atoms. The van der Waals surface area contributed by atoms with Crippen LogP contribution in [0.15, 0.2) is 0 Å². The van der Waals surface area contributed by atoms with Gasteiger partial charge in [0.15, 0.2) is 0 Å². The Morgan fingerprint density at radius 1 is 1.11 bits per heavy atom. The van der Waals surface area contributed by atoms with Gasteiger partial charge in [0.1, 0.15) is 0 Å². The zero-order valence-corrected chi connectivity index (χ0v) is 12.5. The van der Waals surface area contributed by atoms with E-state index in [0.717, 1.165) is 5.69 Å². The summed E-state index contributed by atoms with van der Waals surface area (Å²) < 4.78 is 6.93. The lowest BCUT2D eigenvalue weighted by Gasteiger charge is -2.09. The second-order valence-electron chi connectivity index (χ2n) is 4.25. The summed E-state index contributed by atoms with van der Waals surface area (Å²) in [5.74, 6) is 0.281. The molecule has 0 N–H and O–H groups in total.